The van der Waals surface area contributed by atoms with Gasteiger partial charge in [0.05, 0.1) is 6.10 Å². The standard InChI is InChI=1S/C19H20O3/c20-13-16-10-11-18(22-17-8-4-5-9-17)19(12-16)21-14-15-6-2-1-3-7-15/h1-3,6-7,10-13,17H,4-5,8-9,14H2. The first-order valence-corrected chi connectivity index (χ1v) is 7.78. The highest BCUT2D eigenvalue weighted by atomic mass is 16.5. The SMILES string of the molecule is O=Cc1ccc(OC2CCCC2)c(OCc2ccccc2)c1. The average molecular weight is 296 g/mol. The largest absolute Gasteiger partial charge is 0.487 e. The van der Waals surface area contributed by atoms with Crippen molar-refractivity contribution in [2.45, 2.75) is 38.4 Å². The van der Waals surface area contributed by atoms with Crippen LogP contribution in [0.5, 0.6) is 11.5 Å². The molecule has 0 heterocycles. The summed E-state index contributed by atoms with van der Waals surface area (Å²) in [6.45, 7) is 0.462. The molecule has 1 aliphatic carbocycles. The lowest BCUT2D eigenvalue weighted by molar-refractivity contribution is 0.112. The number of hydrogen-bond acceptors (Lipinski definition) is 3. The summed E-state index contributed by atoms with van der Waals surface area (Å²) in [4.78, 5) is 11.0. The van der Waals surface area contributed by atoms with Crippen LogP contribution in [0.25, 0.3) is 0 Å². The number of rotatable bonds is 6. The Morgan fingerprint density at radius 1 is 1.00 bits per heavy atom. The van der Waals surface area contributed by atoms with Gasteiger partial charge in [-0.05, 0) is 49.4 Å². The van der Waals surface area contributed by atoms with E-state index in [-0.39, 0.29) is 6.10 Å². The van der Waals surface area contributed by atoms with Crippen molar-refractivity contribution in [1.82, 2.24) is 0 Å². The van der Waals surface area contributed by atoms with Crippen LogP contribution in [0, 0.1) is 0 Å². The van der Waals surface area contributed by atoms with Gasteiger partial charge in [0, 0.05) is 5.56 Å². The quantitative estimate of drug-likeness (QED) is 0.741. The van der Waals surface area contributed by atoms with Crippen LogP contribution in [0.15, 0.2) is 48.5 Å². The summed E-state index contributed by atoms with van der Waals surface area (Å²) in [5.74, 6) is 1.37. The van der Waals surface area contributed by atoms with Crippen LogP contribution in [0.3, 0.4) is 0 Å². The van der Waals surface area contributed by atoms with Crippen LogP contribution >= 0.6 is 0 Å². The van der Waals surface area contributed by atoms with E-state index in [0.717, 1.165) is 30.4 Å². The van der Waals surface area contributed by atoms with E-state index in [9.17, 15) is 4.79 Å². The van der Waals surface area contributed by atoms with Gasteiger partial charge < -0.3 is 9.47 Å². The maximum absolute atomic E-state index is 11.0. The molecule has 0 saturated heterocycles. The van der Waals surface area contributed by atoms with Crippen LogP contribution in [0.1, 0.15) is 41.6 Å². The van der Waals surface area contributed by atoms with Gasteiger partial charge in [0.25, 0.3) is 0 Å². The van der Waals surface area contributed by atoms with Gasteiger partial charge in [-0.2, -0.15) is 0 Å². The topological polar surface area (TPSA) is 35.5 Å². The molecule has 1 aliphatic rings. The molecule has 0 unspecified atom stereocenters. The fourth-order valence-electron chi connectivity index (χ4n) is 2.73. The second-order valence-corrected chi connectivity index (χ2v) is 5.62. The highest BCUT2D eigenvalue weighted by Gasteiger charge is 2.18. The van der Waals surface area contributed by atoms with Crippen molar-refractivity contribution in [2.24, 2.45) is 0 Å². The van der Waals surface area contributed by atoms with Gasteiger partial charge in [0.1, 0.15) is 12.9 Å². The molecule has 22 heavy (non-hydrogen) atoms. The second kappa shape index (κ2) is 7.12. The van der Waals surface area contributed by atoms with Gasteiger partial charge in [-0.1, -0.05) is 30.3 Å². The van der Waals surface area contributed by atoms with Crippen molar-refractivity contribution >= 4 is 6.29 Å². The molecule has 0 spiro atoms. The minimum absolute atomic E-state index is 0.265. The fraction of sp³-hybridized carbons (Fsp3) is 0.316. The van der Waals surface area contributed by atoms with E-state index in [0.29, 0.717) is 17.9 Å². The van der Waals surface area contributed by atoms with Crippen LogP contribution < -0.4 is 9.47 Å². The molecule has 0 atom stereocenters. The first kappa shape index (κ1) is 14.6. The molecule has 0 bridgehead atoms. The molecular weight excluding hydrogens is 276 g/mol. The van der Waals surface area contributed by atoms with E-state index >= 15 is 0 Å². The lowest BCUT2D eigenvalue weighted by atomic mass is 10.2. The lowest BCUT2D eigenvalue weighted by Gasteiger charge is -2.17. The first-order chi connectivity index (χ1) is 10.8. The third-order valence-corrected chi connectivity index (χ3v) is 3.94. The minimum Gasteiger partial charge on any atom is -0.487 e. The zero-order valence-corrected chi connectivity index (χ0v) is 12.5. The Kier molecular flexibility index (Phi) is 4.74. The number of hydrogen-bond donors (Lipinski definition) is 0. The molecule has 3 nitrogen and oxygen atoms in total. The van der Waals surface area contributed by atoms with E-state index in [1.807, 2.05) is 36.4 Å². The molecule has 1 fully saturated rings. The van der Waals surface area contributed by atoms with Gasteiger partial charge in [-0.25, -0.2) is 0 Å². The highest BCUT2D eigenvalue weighted by molar-refractivity contribution is 5.76. The summed E-state index contributed by atoms with van der Waals surface area (Å²) in [6.07, 6.45) is 5.71. The fourth-order valence-corrected chi connectivity index (χ4v) is 2.73. The molecule has 3 rings (SSSR count). The van der Waals surface area contributed by atoms with Crippen molar-refractivity contribution in [2.75, 3.05) is 0 Å². The maximum atomic E-state index is 11.0. The highest BCUT2D eigenvalue weighted by Crippen LogP contribution is 2.32. The van der Waals surface area contributed by atoms with Crippen LogP contribution in [0.2, 0.25) is 0 Å². The minimum atomic E-state index is 0.265. The molecule has 2 aromatic rings. The number of carbonyl (C=O) groups is 1. The van der Waals surface area contributed by atoms with E-state index in [2.05, 4.69) is 0 Å². The van der Waals surface area contributed by atoms with Gasteiger partial charge in [-0.15, -0.1) is 0 Å². The maximum Gasteiger partial charge on any atom is 0.162 e. The number of ether oxygens (including phenoxy) is 2. The zero-order chi connectivity index (χ0) is 15.2. The second-order valence-electron chi connectivity index (χ2n) is 5.62. The van der Waals surface area contributed by atoms with E-state index in [1.54, 1.807) is 12.1 Å². The van der Waals surface area contributed by atoms with E-state index in [4.69, 9.17) is 9.47 Å². The van der Waals surface area contributed by atoms with Gasteiger partial charge in [0.2, 0.25) is 0 Å². The molecule has 114 valence electrons. The Morgan fingerprint density at radius 2 is 1.77 bits per heavy atom. The first-order valence-electron chi connectivity index (χ1n) is 7.78. The molecular formula is C19H20O3. The Balaban J connectivity index is 1.75. The third kappa shape index (κ3) is 3.67. The van der Waals surface area contributed by atoms with Gasteiger partial charge >= 0.3 is 0 Å². The third-order valence-electron chi connectivity index (χ3n) is 3.94. The number of benzene rings is 2. The summed E-state index contributed by atoms with van der Waals surface area (Å²) >= 11 is 0. The van der Waals surface area contributed by atoms with E-state index < -0.39 is 0 Å². The number of carbonyl (C=O) groups excluding carboxylic acids is 1. The van der Waals surface area contributed by atoms with Crippen molar-refractivity contribution < 1.29 is 14.3 Å². The lowest BCUT2D eigenvalue weighted by Crippen LogP contribution is -2.12. The molecule has 2 aromatic carbocycles. The predicted molar refractivity (Wildman–Crippen MR) is 85.5 cm³/mol. The molecule has 0 radical (unpaired) electrons. The Morgan fingerprint density at radius 3 is 2.50 bits per heavy atom. The Hall–Kier alpha value is -2.29. The smallest absolute Gasteiger partial charge is 0.162 e. The van der Waals surface area contributed by atoms with Crippen LogP contribution in [0.4, 0.5) is 0 Å². The van der Waals surface area contributed by atoms with Crippen LogP contribution in [-0.4, -0.2) is 12.4 Å². The Labute approximate surface area is 130 Å². The summed E-state index contributed by atoms with van der Waals surface area (Å²) in [7, 11) is 0. The zero-order valence-electron chi connectivity index (χ0n) is 12.5. The van der Waals surface area contributed by atoms with Crippen molar-refractivity contribution in [3.05, 3.63) is 59.7 Å². The monoisotopic (exact) mass is 296 g/mol. The average Bonchev–Trinajstić information content (AvgIpc) is 3.08. The van der Waals surface area contributed by atoms with Crippen molar-refractivity contribution in [3.8, 4) is 11.5 Å². The molecule has 1 saturated carbocycles. The van der Waals surface area contributed by atoms with Crippen molar-refractivity contribution in [3.63, 3.8) is 0 Å². The summed E-state index contributed by atoms with van der Waals surface area (Å²) in [5, 5.41) is 0. The van der Waals surface area contributed by atoms with Gasteiger partial charge in [-0.3, -0.25) is 4.79 Å². The molecule has 0 amide bonds. The molecule has 3 heteroatoms. The molecule has 0 N–H and O–H groups in total. The normalized spacial score (nSPS) is 14.7. The van der Waals surface area contributed by atoms with Crippen LogP contribution in [-0.2, 0) is 6.61 Å². The summed E-state index contributed by atoms with van der Waals surface area (Å²) in [6, 6.07) is 15.3. The Bertz CT molecular complexity index is 616. The van der Waals surface area contributed by atoms with E-state index in [1.165, 1.54) is 12.8 Å². The number of aldehydes is 1. The molecule has 0 aromatic heterocycles. The van der Waals surface area contributed by atoms with Gasteiger partial charge in [0.15, 0.2) is 11.5 Å². The molecule has 0 aliphatic heterocycles. The summed E-state index contributed by atoms with van der Waals surface area (Å²) in [5.41, 5.74) is 1.69. The predicted octanol–water partition coefficient (Wildman–Crippen LogP) is 4.40. The van der Waals surface area contributed by atoms with Crippen molar-refractivity contribution in [1.29, 1.82) is 0 Å². The summed E-state index contributed by atoms with van der Waals surface area (Å²) < 4.78 is 11.9.